The number of hydrogen-bond donors (Lipinski definition) is 1. The third-order valence-electron chi connectivity index (χ3n) is 5.33. The van der Waals surface area contributed by atoms with Crippen LogP contribution in [0.1, 0.15) is 12.5 Å². The van der Waals surface area contributed by atoms with Crippen LogP contribution in [0, 0.1) is 6.92 Å². The van der Waals surface area contributed by atoms with Gasteiger partial charge in [0.2, 0.25) is 15.9 Å². The number of carbonyl (C=O) groups is 1. The Kier molecular flexibility index (Phi) is 7.07. The van der Waals surface area contributed by atoms with Gasteiger partial charge in [-0.1, -0.05) is 18.2 Å². The lowest BCUT2D eigenvalue weighted by Gasteiger charge is -2.37. The Bertz CT molecular complexity index is 1030. The van der Waals surface area contributed by atoms with Gasteiger partial charge in [-0.2, -0.15) is 4.72 Å². The maximum Gasteiger partial charge on any atom is 0.244 e. The number of ether oxygens (including phenoxy) is 2. The van der Waals surface area contributed by atoms with Gasteiger partial charge < -0.3 is 19.3 Å². The van der Waals surface area contributed by atoms with Gasteiger partial charge in [0.25, 0.3) is 0 Å². The van der Waals surface area contributed by atoms with E-state index >= 15 is 0 Å². The quantitative estimate of drug-likeness (QED) is 0.699. The van der Waals surface area contributed by atoms with Crippen molar-refractivity contribution < 1.29 is 22.7 Å². The fourth-order valence-electron chi connectivity index (χ4n) is 3.67. The number of nitrogens with one attached hydrogen (secondary N) is 1. The average Bonchev–Trinajstić information content (AvgIpc) is 2.78. The van der Waals surface area contributed by atoms with Gasteiger partial charge in [-0.3, -0.25) is 4.79 Å². The summed E-state index contributed by atoms with van der Waals surface area (Å²) in [5.41, 5.74) is 1.77. The summed E-state index contributed by atoms with van der Waals surface area (Å²) in [5.74, 6) is 0.772. The van der Waals surface area contributed by atoms with Crippen LogP contribution in [0.2, 0.25) is 0 Å². The highest BCUT2D eigenvalue weighted by Gasteiger charge is 2.30. The predicted molar refractivity (Wildman–Crippen MR) is 119 cm³/mol. The largest absolute Gasteiger partial charge is 0.495 e. The highest BCUT2D eigenvalue weighted by atomic mass is 32.2. The van der Waals surface area contributed by atoms with Crippen molar-refractivity contribution >= 4 is 21.6 Å². The van der Waals surface area contributed by atoms with Gasteiger partial charge in [0.05, 0.1) is 25.9 Å². The van der Waals surface area contributed by atoms with E-state index in [0.717, 1.165) is 17.0 Å². The van der Waals surface area contributed by atoms with Gasteiger partial charge in [0, 0.05) is 26.2 Å². The van der Waals surface area contributed by atoms with E-state index in [1.54, 1.807) is 38.0 Å². The maximum absolute atomic E-state index is 12.9. The normalized spacial score (nSPS) is 15.5. The zero-order valence-electron chi connectivity index (χ0n) is 18.3. The molecule has 0 aliphatic carbocycles. The summed E-state index contributed by atoms with van der Waals surface area (Å²) in [6.07, 6.45) is 0. The monoisotopic (exact) mass is 447 g/mol. The maximum atomic E-state index is 12.9. The molecule has 0 saturated carbocycles. The lowest BCUT2D eigenvalue weighted by molar-refractivity contribution is -0.132. The van der Waals surface area contributed by atoms with Gasteiger partial charge in [0.1, 0.15) is 16.4 Å². The first-order valence-electron chi connectivity index (χ1n) is 10.1. The van der Waals surface area contributed by atoms with E-state index < -0.39 is 16.1 Å². The second-order valence-electron chi connectivity index (χ2n) is 7.48. The molecule has 2 aromatic rings. The van der Waals surface area contributed by atoms with Crippen molar-refractivity contribution in [3.63, 3.8) is 0 Å². The van der Waals surface area contributed by atoms with Crippen LogP contribution in [0.5, 0.6) is 11.5 Å². The summed E-state index contributed by atoms with van der Waals surface area (Å²) >= 11 is 0. The first kappa shape index (κ1) is 22.9. The minimum Gasteiger partial charge on any atom is -0.495 e. The number of benzene rings is 2. The van der Waals surface area contributed by atoms with Crippen LogP contribution in [0.25, 0.3) is 0 Å². The second-order valence-corrected chi connectivity index (χ2v) is 9.16. The van der Waals surface area contributed by atoms with Crippen LogP contribution >= 0.6 is 0 Å². The average molecular weight is 448 g/mol. The van der Waals surface area contributed by atoms with E-state index in [9.17, 15) is 13.2 Å². The van der Waals surface area contributed by atoms with E-state index in [4.69, 9.17) is 9.47 Å². The Hall–Kier alpha value is -2.78. The molecule has 0 aromatic heterocycles. The van der Waals surface area contributed by atoms with Gasteiger partial charge in [-0.15, -0.1) is 0 Å². The Morgan fingerprint density at radius 3 is 2.29 bits per heavy atom. The van der Waals surface area contributed by atoms with Crippen LogP contribution in [-0.4, -0.2) is 65.7 Å². The van der Waals surface area contributed by atoms with Gasteiger partial charge >= 0.3 is 0 Å². The van der Waals surface area contributed by atoms with Crippen molar-refractivity contribution in [3.8, 4) is 11.5 Å². The molecule has 31 heavy (non-hydrogen) atoms. The molecule has 1 atom stereocenters. The first-order chi connectivity index (χ1) is 14.8. The van der Waals surface area contributed by atoms with E-state index in [1.807, 2.05) is 24.3 Å². The molecule has 168 valence electrons. The standard InChI is InChI=1S/C22H29N3O5S/c1-16-9-10-20(30-4)21(15-16)31(27,28)23-17(2)22(26)25-13-11-24(12-14-25)18-7-5-6-8-19(18)29-3/h5-10,15,17,23H,11-14H2,1-4H3/t17-/m1/s1. The van der Waals surface area contributed by atoms with E-state index in [0.29, 0.717) is 26.2 Å². The topological polar surface area (TPSA) is 88.2 Å². The zero-order valence-corrected chi connectivity index (χ0v) is 19.1. The third kappa shape index (κ3) is 5.11. The van der Waals surface area contributed by atoms with Crippen LogP contribution < -0.4 is 19.1 Å². The minimum atomic E-state index is -3.92. The van der Waals surface area contributed by atoms with Crippen LogP contribution in [-0.2, 0) is 14.8 Å². The Balaban J connectivity index is 1.65. The molecule has 0 spiro atoms. The number of methoxy groups -OCH3 is 2. The number of sulfonamides is 1. The molecule has 1 N–H and O–H groups in total. The lowest BCUT2D eigenvalue weighted by atomic mass is 10.2. The highest BCUT2D eigenvalue weighted by molar-refractivity contribution is 7.89. The van der Waals surface area contributed by atoms with E-state index in [-0.39, 0.29) is 16.6 Å². The van der Waals surface area contributed by atoms with Crippen molar-refractivity contribution in [2.75, 3.05) is 45.3 Å². The molecular formula is C22H29N3O5S. The van der Waals surface area contributed by atoms with Crippen LogP contribution in [0.4, 0.5) is 5.69 Å². The molecule has 1 heterocycles. The summed E-state index contributed by atoms with van der Waals surface area (Å²) in [5, 5.41) is 0. The molecule has 0 bridgehead atoms. The molecule has 1 aliphatic rings. The summed E-state index contributed by atoms with van der Waals surface area (Å²) in [6, 6.07) is 11.8. The number of piperazine rings is 1. The number of aryl methyl sites for hydroxylation is 1. The molecule has 1 amide bonds. The fraction of sp³-hybridized carbons (Fsp3) is 0.409. The Morgan fingerprint density at radius 1 is 1.00 bits per heavy atom. The van der Waals surface area contributed by atoms with E-state index in [1.165, 1.54) is 13.2 Å². The van der Waals surface area contributed by atoms with Crippen LogP contribution in [0.15, 0.2) is 47.4 Å². The van der Waals surface area contributed by atoms with Crippen molar-refractivity contribution in [1.82, 2.24) is 9.62 Å². The number of amides is 1. The molecule has 1 fully saturated rings. The Labute approximate surface area is 183 Å². The fourth-order valence-corrected chi connectivity index (χ4v) is 5.12. The van der Waals surface area contributed by atoms with Crippen molar-refractivity contribution in [2.45, 2.75) is 24.8 Å². The summed E-state index contributed by atoms with van der Waals surface area (Å²) in [6.45, 7) is 5.63. The number of anilines is 1. The third-order valence-corrected chi connectivity index (χ3v) is 6.89. The Morgan fingerprint density at radius 2 is 1.65 bits per heavy atom. The summed E-state index contributed by atoms with van der Waals surface area (Å²) in [7, 11) is -0.870. The number of nitrogens with zero attached hydrogens (tertiary/aromatic N) is 2. The number of para-hydroxylation sites is 2. The van der Waals surface area contributed by atoms with Gasteiger partial charge in [0.15, 0.2) is 0 Å². The SMILES string of the molecule is COc1ccccc1N1CCN(C(=O)[C@@H](C)NS(=O)(=O)c2cc(C)ccc2OC)CC1. The van der Waals surface area contributed by atoms with Crippen molar-refractivity contribution in [3.05, 3.63) is 48.0 Å². The molecule has 1 saturated heterocycles. The molecule has 2 aromatic carbocycles. The van der Waals surface area contributed by atoms with Crippen molar-refractivity contribution in [2.24, 2.45) is 0 Å². The molecule has 8 nitrogen and oxygen atoms in total. The number of carbonyl (C=O) groups excluding carboxylic acids is 1. The van der Waals surface area contributed by atoms with E-state index in [2.05, 4.69) is 9.62 Å². The van der Waals surface area contributed by atoms with Crippen LogP contribution in [0.3, 0.4) is 0 Å². The number of rotatable bonds is 7. The smallest absolute Gasteiger partial charge is 0.244 e. The molecule has 9 heteroatoms. The summed E-state index contributed by atoms with van der Waals surface area (Å²) < 4.78 is 38.9. The van der Waals surface area contributed by atoms with Gasteiger partial charge in [-0.05, 0) is 43.7 Å². The summed E-state index contributed by atoms with van der Waals surface area (Å²) in [4.78, 5) is 16.8. The van der Waals surface area contributed by atoms with Gasteiger partial charge in [-0.25, -0.2) is 8.42 Å². The lowest BCUT2D eigenvalue weighted by Crippen LogP contribution is -2.54. The highest BCUT2D eigenvalue weighted by Crippen LogP contribution is 2.28. The molecule has 3 rings (SSSR count). The second kappa shape index (κ2) is 9.57. The minimum absolute atomic E-state index is 0.0237. The first-order valence-corrected chi connectivity index (χ1v) is 11.6. The number of hydrogen-bond acceptors (Lipinski definition) is 6. The van der Waals surface area contributed by atoms with Crippen molar-refractivity contribution in [1.29, 1.82) is 0 Å². The molecular weight excluding hydrogens is 418 g/mol. The predicted octanol–water partition coefficient (Wildman–Crippen LogP) is 2.03. The molecule has 1 aliphatic heterocycles. The molecule has 0 radical (unpaired) electrons. The zero-order chi connectivity index (χ0) is 22.6. The molecule has 0 unspecified atom stereocenters.